The maximum absolute atomic E-state index is 12.9. The van der Waals surface area contributed by atoms with E-state index < -0.39 is 11.7 Å². The van der Waals surface area contributed by atoms with E-state index in [1.54, 1.807) is 12.5 Å². The van der Waals surface area contributed by atoms with Crippen LogP contribution in [0.2, 0.25) is 0 Å². The molecule has 0 aliphatic heterocycles. The molecule has 0 spiro atoms. The zero-order valence-corrected chi connectivity index (χ0v) is 13.8. The van der Waals surface area contributed by atoms with Crippen LogP contribution in [0.4, 0.5) is 24.9 Å². The van der Waals surface area contributed by atoms with E-state index in [-0.39, 0.29) is 11.8 Å². The predicted molar refractivity (Wildman–Crippen MR) is 90.1 cm³/mol. The van der Waals surface area contributed by atoms with Gasteiger partial charge < -0.3 is 10.6 Å². The first-order valence-electron chi connectivity index (χ1n) is 7.75. The van der Waals surface area contributed by atoms with Gasteiger partial charge in [-0.25, -0.2) is 4.98 Å². The van der Waals surface area contributed by atoms with E-state index in [0.29, 0.717) is 6.54 Å². The maximum atomic E-state index is 12.9. The van der Waals surface area contributed by atoms with Crippen molar-refractivity contribution in [2.45, 2.75) is 12.7 Å². The van der Waals surface area contributed by atoms with E-state index in [9.17, 15) is 13.2 Å². The fourth-order valence-corrected chi connectivity index (χ4v) is 2.42. The van der Waals surface area contributed by atoms with Crippen molar-refractivity contribution in [3.63, 3.8) is 0 Å². The van der Waals surface area contributed by atoms with Crippen molar-refractivity contribution in [2.75, 3.05) is 17.7 Å². The number of anilines is 2. The molecule has 2 aromatic heterocycles. The molecule has 0 radical (unpaired) electrons. The second-order valence-corrected chi connectivity index (χ2v) is 5.37. The Kier molecular flexibility index (Phi) is 4.97. The Morgan fingerprint density at radius 3 is 2.58 bits per heavy atom. The molecular weight excluding hydrogens is 345 g/mol. The number of halogens is 3. The minimum Gasteiger partial charge on any atom is -0.372 e. The number of benzene rings is 1. The number of aromatic nitrogens is 4. The van der Waals surface area contributed by atoms with Crippen LogP contribution in [-0.4, -0.2) is 22.0 Å². The van der Waals surface area contributed by atoms with E-state index in [2.05, 4.69) is 30.6 Å². The number of hydrogen-bond donors (Lipinski definition) is 2. The Bertz CT molecular complexity index is 883. The average molecular weight is 361 g/mol. The first-order chi connectivity index (χ1) is 12.5. The van der Waals surface area contributed by atoms with Crippen molar-refractivity contribution in [2.24, 2.45) is 0 Å². The third-order valence-electron chi connectivity index (χ3n) is 3.65. The van der Waals surface area contributed by atoms with Crippen LogP contribution in [0.25, 0.3) is 11.3 Å². The summed E-state index contributed by atoms with van der Waals surface area (Å²) in [5.41, 5.74) is 1.61. The van der Waals surface area contributed by atoms with Gasteiger partial charge in [0.2, 0.25) is 5.95 Å². The highest BCUT2D eigenvalue weighted by molar-refractivity contribution is 5.62. The SMILES string of the molecule is CNc1nc(NCc2c[nH+]cnc2-c2ccccc2)ncc1C(F)(F)F. The molecule has 0 amide bonds. The third-order valence-corrected chi connectivity index (χ3v) is 3.65. The predicted octanol–water partition coefficient (Wildman–Crippen LogP) is 3.03. The van der Waals surface area contributed by atoms with E-state index in [1.807, 2.05) is 30.3 Å². The lowest BCUT2D eigenvalue weighted by Crippen LogP contribution is -2.14. The van der Waals surface area contributed by atoms with Gasteiger partial charge in [0.15, 0.2) is 5.69 Å². The summed E-state index contributed by atoms with van der Waals surface area (Å²) in [7, 11) is 1.38. The molecule has 2 heterocycles. The molecule has 134 valence electrons. The summed E-state index contributed by atoms with van der Waals surface area (Å²) in [6, 6.07) is 9.58. The number of rotatable bonds is 5. The summed E-state index contributed by atoms with van der Waals surface area (Å²) in [5.74, 6) is -0.193. The Morgan fingerprint density at radius 1 is 1.12 bits per heavy atom. The quantitative estimate of drug-likeness (QED) is 0.731. The van der Waals surface area contributed by atoms with Crippen LogP contribution in [0.3, 0.4) is 0 Å². The number of hydrogen-bond acceptors (Lipinski definition) is 5. The molecule has 3 rings (SSSR count). The molecule has 3 N–H and O–H groups in total. The minimum absolute atomic E-state index is 0.0882. The number of aromatic amines is 1. The molecule has 0 saturated carbocycles. The molecule has 9 heteroatoms. The molecule has 0 atom stereocenters. The highest BCUT2D eigenvalue weighted by Gasteiger charge is 2.35. The molecule has 1 aromatic carbocycles. The molecule has 0 aliphatic carbocycles. The number of alkyl halides is 3. The van der Waals surface area contributed by atoms with Crippen LogP contribution in [-0.2, 0) is 12.7 Å². The van der Waals surface area contributed by atoms with Crippen molar-refractivity contribution in [1.82, 2.24) is 15.0 Å². The number of nitrogens with zero attached hydrogens (tertiary/aromatic N) is 3. The molecule has 6 nitrogen and oxygen atoms in total. The molecule has 0 aliphatic rings. The van der Waals surface area contributed by atoms with Crippen molar-refractivity contribution >= 4 is 11.8 Å². The van der Waals surface area contributed by atoms with Crippen LogP contribution in [0.5, 0.6) is 0 Å². The fraction of sp³-hybridized carbons (Fsp3) is 0.176. The Balaban J connectivity index is 1.82. The Morgan fingerprint density at radius 2 is 1.88 bits per heavy atom. The average Bonchev–Trinajstić information content (AvgIpc) is 2.66. The van der Waals surface area contributed by atoms with Gasteiger partial charge in [0.1, 0.15) is 11.4 Å². The lowest BCUT2D eigenvalue weighted by Gasteiger charge is -2.12. The van der Waals surface area contributed by atoms with Gasteiger partial charge in [-0.3, -0.25) is 4.98 Å². The van der Waals surface area contributed by atoms with Crippen LogP contribution < -0.4 is 15.6 Å². The lowest BCUT2D eigenvalue weighted by atomic mass is 10.1. The summed E-state index contributed by atoms with van der Waals surface area (Å²) >= 11 is 0. The molecule has 0 unspecified atom stereocenters. The molecular formula is C17H16F3N6+. The van der Waals surface area contributed by atoms with Crippen LogP contribution in [0, 0.1) is 0 Å². The zero-order valence-electron chi connectivity index (χ0n) is 13.8. The summed E-state index contributed by atoms with van der Waals surface area (Å²) in [6.45, 7) is 0.295. The normalized spacial score (nSPS) is 11.2. The summed E-state index contributed by atoms with van der Waals surface area (Å²) in [6.07, 6.45) is -0.421. The van der Waals surface area contributed by atoms with Gasteiger partial charge in [-0.15, -0.1) is 0 Å². The first kappa shape index (κ1) is 17.6. The van der Waals surface area contributed by atoms with Gasteiger partial charge in [0.05, 0.1) is 18.3 Å². The van der Waals surface area contributed by atoms with Crippen LogP contribution in [0.15, 0.2) is 49.1 Å². The van der Waals surface area contributed by atoms with Crippen LogP contribution in [0.1, 0.15) is 11.1 Å². The largest absolute Gasteiger partial charge is 0.421 e. The minimum atomic E-state index is -4.52. The van der Waals surface area contributed by atoms with Crippen LogP contribution >= 0.6 is 0 Å². The van der Waals surface area contributed by atoms with Gasteiger partial charge in [0.25, 0.3) is 6.33 Å². The second kappa shape index (κ2) is 7.34. The molecule has 0 bridgehead atoms. The summed E-state index contributed by atoms with van der Waals surface area (Å²) in [5, 5.41) is 5.38. The lowest BCUT2D eigenvalue weighted by molar-refractivity contribution is -0.383. The maximum Gasteiger partial charge on any atom is 0.421 e. The van der Waals surface area contributed by atoms with E-state index in [4.69, 9.17) is 0 Å². The smallest absolute Gasteiger partial charge is 0.372 e. The van der Waals surface area contributed by atoms with Gasteiger partial charge in [-0.2, -0.15) is 18.2 Å². The number of nitrogens with one attached hydrogen (secondary N) is 3. The highest BCUT2D eigenvalue weighted by atomic mass is 19.4. The standard InChI is InChI=1S/C17H15F3N6/c1-21-15-13(17(18,19)20)9-24-16(26-15)23-8-12-7-22-10-25-14(12)11-5-3-2-4-6-11/h2-7,9-10H,8H2,1H3,(H2,21,23,24,26)/p+1. The molecule has 3 aromatic rings. The van der Waals surface area contributed by atoms with Crippen molar-refractivity contribution in [3.05, 3.63) is 60.2 Å². The first-order valence-corrected chi connectivity index (χ1v) is 7.75. The van der Waals surface area contributed by atoms with Gasteiger partial charge in [-0.1, -0.05) is 30.3 Å². The van der Waals surface area contributed by atoms with Gasteiger partial charge in [-0.05, 0) is 4.98 Å². The molecule has 0 fully saturated rings. The van der Waals surface area contributed by atoms with E-state index in [1.165, 1.54) is 7.05 Å². The molecule has 0 saturated heterocycles. The topological polar surface area (TPSA) is 76.9 Å². The Labute approximate surface area is 147 Å². The molecule has 26 heavy (non-hydrogen) atoms. The van der Waals surface area contributed by atoms with E-state index >= 15 is 0 Å². The monoisotopic (exact) mass is 361 g/mol. The van der Waals surface area contributed by atoms with Crippen molar-refractivity contribution < 1.29 is 18.2 Å². The summed E-state index contributed by atoms with van der Waals surface area (Å²) < 4.78 is 38.7. The number of H-pyrrole nitrogens is 1. The summed E-state index contributed by atoms with van der Waals surface area (Å²) in [4.78, 5) is 14.9. The zero-order chi connectivity index (χ0) is 18.6. The third kappa shape index (κ3) is 3.88. The van der Waals surface area contributed by atoms with Gasteiger partial charge >= 0.3 is 6.18 Å². The van der Waals surface area contributed by atoms with Crippen molar-refractivity contribution in [1.29, 1.82) is 0 Å². The Hall–Kier alpha value is -3.23. The second-order valence-electron chi connectivity index (χ2n) is 5.37. The van der Waals surface area contributed by atoms with E-state index in [0.717, 1.165) is 23.0 Å². The highest BCUT2D eigenvalue weighted by Crippen LogP contribution is 2.33. The van der Waals surface area contributed by atoms with Gasteiger partial charge in [0, 0.05) is 18.8 Å². The fourth-order valence-electron chi connectivity index (χ4n) is 2.42. The van der Waals surface area contributed by atoms with Crippen molar-refractivity contribution in [3.8, 4) is 11.3 Å².